The minimum atomic E-state index is 0.460. The summed E-state index contributed by atoms with van der Waals surface area (Å²) in [6.07, 6.45) is 0. The van der Waals surface area contributed by atoms with E-state index in [4.69, 9.17) is 23.2 Å². The van der Waals surface area contributed by atoms with Crippen LogP contribution >= 0.6 is 23.2 Å². The van der Waals surface area contributed by atoms with E-state index in [2.05, 4.69) is 54.6 Å². The number of alkyl halides is 2. The van der Waals surface area contributed by atoms with Crippen molar-refractivity contribution in [3.63, 3.8) is 0 Å². The fourth-order valence-electron chi connectivity index (χ4n) is 2.76. The van der Waals surface area contributed by atoms with Crippen molar-refractivity contribution in [2.75, 3.05) is 0 Å². The van der Waals surface area contributed by atoms with Crippen molar-refractivity contribution >= 4 is 23.2 Å². The highest BCUT2D eigenvalue weighted by Gasteiger charge is 2.12. The van der Waals surface area contributed by atoms with Crippen LogP contribution in [0.25, 0.3) is 22.3 Å². The highest BCUT2D eigenvalue weighted by Crippen LogP contribution is 2.35. The molecule has 3 aromatic rings. The van der Waals surface area contributed by atoms with E-state index >= 15 is 0 Å². The van der Waals surface area contributed by atoms with E-state index in [1.807, 2.05) is 18.2 Å². The van der Waals surface area contributed by atoms with E-state index < -0.39 is 0 Å². The highest BCUT2D eigenvalue weighted by molar-refractivity contribution is 6.19. The van der Waals surface area contributed by atoms with Crippen molar-refractivity contribution in [1.82, 2.24) is 0 Å². The van der Waals surface area contributed by atoms with Gasteiger partial charge in [-0.15, -0.1) is 23.2 Å². The molecular weight excluding hydrogens is 311 g/mol. The van der Waals surface area contributed by atoms with Crippen molar-refractivity contribution in [3.8, 4) is 22.3 Å². The average Bonchev–Trinajstić information content (AvgIpc) is 2.61. The maximum Gasteiger partial charge on any atom is 0.0483 e. The molecule has 3 aromatic carbocycles. The monoisotopic (exact) mass is 326 g/mol. The predicted octanol–water partition coefficient (Wildman–Crippen LogP) is 6.50. The fraction of sp³-hybridized carbons (Fsp3) is 0.100. The van der Waals surface area contributed by atoms with Gasteiger partial charge in [0.05, 0.1) is 0 Å². The molecule has 0 aliphatic heterocycles. The summed E-state index contributed by atoms with van der Waals surface area (Å²) in [6.45, 7) is 0. The molecule has 0 saturated heterocycles. The maximum absolute atomic E-state index is 6.21. The third kappa shape index (κ3) is 2.90. The topological polar surface area (TPSA) is 0 Å². The van der Waals surface area contributed by atoms with Gasteiger partial charge in [0.25, 0.3) is 0 Å². The van der Waals surface area contributed by atoms with E-state index in [-0.39, 0.29) is 0 Å². The first kappa shape index (κ1) is 15.1. The predicted molar refractivity (Wildman–Crippen MR) is 96.4 cm³/mol. The Morgan fingerprint density at radius 1 is 0.545 bits per heavy atom. The molecule has 0 aromatic heterocycles. The van der Waals surface area contributed by atoms with Crippen LogP contribution in [-0.2, 0) is 11.8 Å². The molecule has 22 heavy (non-hydrogen) atoms. The first-order valence-electron chi connectivity index (χ1n) is 7.22. The van der Waals surface area contributed by atoms with Crippen LogP contribution in [0.3, 0.4) is 0 Å². The normalized spacial score (nSPS) is 10.6. The number of hydrogen-bond acceptors (Lipinski definition) is 0. The minimum Gasteiger partial charge on any atom is -0.122 e. The van der Waals surface area contributed by atoms with Crippen molar-refractivity contribution in [2.24, 2.45) is 0 Å². The average molecular weight is 327 g/mol. The molecule has 0 saturated carbocycles. The lowest BCUT2D eigenvalue weighted by Gasteiger charge is -2.15. The Kier molecular flexibility index (Phi) is 4.82. The quantitative estimate of drug-likeness (QED) is 0.480. The van der Waals surface area contributed by atoms with Gasteiger partial charge in [-0.1, -0.05) is 72.8 Å². The highest BCUT2D eigenvalue weighted by atomic mass is 35.5. The Balaban J connectivity index is 2.22. The lowest BCUT2D eigenvalue weighted by Crippen LogP contribution is -1.94. The van der Waals surface area contributed by atoms with Gasteiger partial charge >= 0.3 is 0 Å². The molecule has 0 fully saturated rings. The summed E-state index contributed by atoms with van der Waals surface area (Å²) in [5, 5.41) is 0. The molecule has 0 bridgehead atoms. The van der Waals surface area contributed by atoms with E-state index in [1.165, 1.54) is 16.7 Å². The molecule has 0 spiro atoms. The zero-order valence-electron chi connectivity index (χ0n) is 12.1. The Morgan fingerprint density at radius 2 is 1.18 bits per heavy atom. The van der Waals surface area contributed by atoms with Crippen molar-refractivity contribution in [2.45, 2.75) is 11.8 Å². The Hall–Kier alpha value is -1.76. The summed E-state index contributed by atoms with van der Waals surface area (Å²) in [5.41, 5.74) is 6.97. The molecule has 0 aliphatic rings. The van der Waals surface area contributed by atoms with Crippen LogP contribution in [-0.4, -0.2) is 0 Å². The van der Waals surface area contributed by atoms with Crippen LogP contribution < -0.4 is 0 Å². The molecule has 0 heterocycles. The summed E-state index contributed by atoms with van der Waals surface area (Å²) < 4.78 is 0. The SMILES string of the molecule is ClCc1cccc(-c2ccccc2-c2ccccc2)c1CCl. The molecule has 0 aliphatic carbocycles. The van der Waals surface area contributed by atoms with Gasteiger partial charge in [-0.25, -0.2) is 0 Å². The lowest BCUT2D eigenvalue weighted by molar-refractivity contribution is 1.27. The second kappa shape index (κ2) is 7.00. The zero-order valence-corrected chi connectivity index (χ0v) is 13.6. The Bertz CT molecular complexity index is 764. The maximum atomic E-state index is 6.21. The summed E-state index contributed by atoms with van der Waals surface area (Å²) in [6, 6.07) is 25.0. The second-order valence-corrected chi connectivity index (χ2v) is 5.66. The number of halogens is 2. The van der Waals surface area contributed by atoms with Crippen molar-refractivity contribution in [3.05, 3.63) is 83.9 Å². The zero-order chi connectivity index (χ0) is 15.4. The van der Waals surface area contributed by atoms with Crippen LogP contribution in [0.15, 0.2) is 72.8 Å². The largest absolute Gasteiger partial charge is 0.122 e. The number of benzene rings is 3. The molecular formula is C20H16Cl2. The summed E-state index contributed by atoms with van der Waals surface area (Å²) >= 11 is 12.3. The summed E-state index contributed by atoms with van der Waals surface area (Å²) in [4.78, 5) is 0. The molecule has 0 radical (unpaired) electrons. The minimum absolute atomic E-state index is 0.460. The van der Waals surface area contributed by atoms with Gasteiger partial charge in [0, 0.05) is 11.8 Å². The number of hydrogen-bond donors (Lipinski definition) is 0. The molecule has 3 rings (SSSR count). The second-order valence-electron chi connectivity index (χ2n) is 5.12. The van der Waals surface area contributed by atoms with Crippen LogP contribution in [0, 0.1) is 0 Å². The molecule has 0 N–H and O–H groups in total. The summed E-state index contributed by atoms with van der Waals surface area (Å²) in [5.74, 6) is 0.935. The van der Waals surface area contributed by atoms with Gasteiger partial charge in [-0.2, -0.15) is 0 Å². The smallest absolute Gasteiger partial charge is 0.0483 e. The molecule has 0 nitrogen and oxygen atoms in total. The Labute approximate surface area is 141 Å². The molecule has 2 heteroatoms. The van der Waals surface area contributed by atoms with Crippen LogP contribution in [0.5, 0.6) is 0 Å². The van der Waals surface area contributed by atoms with Crippen LogP contribution in [0.2, 0.25) is 0 Å². The molecule has 110 valence electrons. The van der Waals surface area contributed by atoms with E-state index in [0.717, 1.165) is 16.7 Å². The number of rotatable bonds is 4. The summed E-state index contributed by atoms with van der Waals surface area (Å²) in [7, 11) is 0. The van der Waals surface area contributed by atoms with E-state index in [0.29, 0.717) is 11.8 Å². The first-order chi connectivity index (χ1) is 10.8. The third-order valence-corrected chi connectivity index (χ3v) is 4.41. The van der Waals surface area contributed by atoms with Crippen LogP contribution in [0.4, 0.5) is 0 Å². The van der Waals surface area contributed by atoms with Gasteiger partial charge in [0.15, 0.2) is 0 Å². The van der Waals surface area contributed by atoms with Gasteiger partial charge < -0.3 is 0 Å². The van der Waals surface area contributed by atoms with Crippen molar-refractivity contribution in [1.29, 1.82) is 0 Å². The molecule has 0 atom stereocenters. The molecule has 0 unspecified atom stereocenters. The standard InChI is InChI=1S/C20H16Cl2/c21-13-16-9-6-12-19(20(16)14-22)18-11-5-4-10-17(18)15-7-2-1-3-8-15/h1-12H,13-14H2. The Morgan fingerprint density at radius 3 is 1.86 bits per heavy atom. The fourth-order valence-corrected chi connectivity index (χ4v) is 3.32. The third-order valence-electron chi connectivity index (χ3n) is 3.85. The molecule has 0 amide bonds. The van der Waals surface area contributed by atoms with Gasteiger partial charge in [0.2, 0.25) is 0 Å². The van der Waals surface area contributed by atoms with Gasteiger partial charge in [-0.05, 0) is 33.4 Å². The van der Waals surface area contributed by atoms with Crippen LogP contribution in [0.1, 0.15) is 11.1 Å². The lowest BCUT2D eigenvalue weighted by atomic mass is 9.90. The van der Waals surface area contributed by atoms with E-state index in [9.17, 15) is 0 Å². The van der Waals surface area contributed by atoms with Crippen molar-refractivity contribution < 1.29 is 0 Å². The van der Waals surface area contributed by atoms with Gasteiger partial charge in [-0.3, -0.25) is 0 Å². The first-order valence-corrected chi connectivity index (χ1v) is 8.29. The van der Waals surface area contributed by atoms with E-state index in [1.54, 1.807) is 0 Å². The van der Waals surface area contributed by atoms with Gasteiger partial charge in [0.1, 0.15) is 0 Å².